The van der Waals surface area contributed by atoms with Crippen molar-refractivity contribution in [2.24, 2.45) is 5.92 Å². The molecule has 2 heterocycles. The number of anilines is 1. The highest BCUT2D eigenvalue weighted by Gasteiger charge is 2.26. The number of aliphatic hydroxyl groups is 1. The van der Waals surface area contributed by atoms with Gasteiger partial charge in [-0.25, -0.2) is 14.8 Å². The molecule has 8 nitrogen and oxygen atoms in total. The smallest absolute Gasteiger partial charge is 0.340 e. The Morgan fingerprint density at radius 2 is 1.97 bits per heavy atom. The number of amides is 1. The molecule has 0 radical (unpaired) electrons. The van der Waals surface area contributed by atoms with Gasteiger partial charge in [-0.1, -0.05) is 6.07 Å². The van der Waals surface area contributed by atoms with E-state index in [9.17, 15) is 14.7 Å². The maximum Gasteiger partial charge on any atom is 0.340 e. The molecule has 1 aliphatic rings. The van der Waals surface area contributed by atoms with E-state index >= 15 is 0 Å². The van der Waals surface area contributed by atoms with Gasteiger partial charge in [0.1, 0.15) is 11.2 Å². The number of carbonyl (C=O) groups is 2. The van der Waals surface area contributed by atoms with Crippen molar-refractivity contribution in [2.45, 2.75) is 38.5 Å². The first-order valence-corrected chi connectivity index (χ1v) is 10.4. The first-order chi connectivity index (χ1) is 15.0. The first-order valence-electron chi connectivity index (χ1n) is 10.4. The number of hydrogen-bond acceptors (Lipinski definition) is 7. The minimum atomic E-state index is -0.581. The lowest BCUT2D eigenvalue weighted by atomic mass is 9.82. The van der Waals surface area contributed by atoms with Crippen LogP contribution in [0.2, 0.25) is 0 Å². The third-order valence-electron chi connectivity index (χ3n) is 5.77. The normalized spacial score (nSPS) is 18.7. The molecular weight excluding hydrogens is 398 g/mol. The lowest BCUT2D eigenvalue weighted by Gasteiger charge is -2.24. The molecule has 4 rings (SSSR count). The number of aliphatic hydroxyl groups excluding tert-OH is 1. The zero-order valence-corrected chi connectivity index (χ0v) is 17.6. The summed E-state index contributed by atoms with van der Waals surface area (Å²) >= 11 is 0. The van der Waals surface area contributed by atoms with Crippen molar-refractivity contribution in [3.05, 3.63) is 53.2 Å². The Bertz CT molecular complexity index is 1120. The molecule has 2 N–H and O–H groups in total. The van der Waals surface area contributed by atoms with Crippen molar-refractivity contribution in [2.75, 3.05) is 19.0 Å². The standard InChI is InChI=1S/C23H25N3O5/c1-13-4-3-5-17(24-13)21(28)25-18-11-20-19(10-16(18)23(29)30-2)26-22(31-20)15-8-6-14(12-27)7-9-15/h3-5,10-11,14-15,27H,6-9,12H2,1-2H3,(H,25,28). The van der Waals surface area contributed by atoms with Gasteiger partial charge in [0.25, 0.3) is 5.91 Å². The van der Waals surface area contributed by atoms with Crippen LogP contribution in [0.1, 0.15) is 64.0 Å². The predicted molar refractivity (Wildman–Crippen MR) is 114 cm³/mol. The second kappa shape index (κ2) is 8.85. The molecule has 1 amide bonds. The molecule has 0 aliphatic heterocycles. The molecule has 0 spiro atoms. The number of nitrogens with zero attached hydrogens (tertiary/aromatic N) is 2. The fourth-order valence-corrected chi connectivity index (χ4v) is 4.00. The van der Waals surface area contributed by atoms with Gasteiger partial charge < -0.3 is 19.6 Å². The number of fused-ring (bicyclic) bond motifs is 1. The van der Waals surface area contributed by atoms with Gasteiger partial charge in [0, 0.05) is 24.3 Å². The third-order valence-corrected chi connectivity index (χ3v) is 5.77. The van der Waals surface area contributed by atoms with Crippen LogP contribution in [0.25, 0.3) is 11.1 Å². The number of hydrogen-bond donors (Lipinski definition) is 2. The summed E-state index contributed by atoms with van der Waals surface area (Å²) in [6.07, 6.45) is 3.64. The van der Waals surface area contributed by atoms with Crippen LogP contribution in [0.15, 0.2) is 34.7 Å². The van der Waals surface area contributed by atoms with Gasteiger partial charge in [0.15, 0.2) is 11.5 Å². The number of aryl methyl sites for hydroxylation is 1. The monoisotopic (exact) mass is 423 g/mol. The Morgan fingerprint density at radius 3 is 2.65 bits per heavy atom. The Labute approximate surface area is 179 Å². The summed E-state index contributed by atoms with van der Waals surface area (Å²) in [6, 6.07) is 8.33. The van der Waals surface area contributed by atoms with E-state index in [-0.39, 0.29) is 29.5 Å². The van der Waals surface area contributed by atoms with E-state index in [1.54, 1.807) is 37.3 Å². The summed E-state index contributed by atoms with van der Waals surface area (Å²) < 4.78 is 10.9. The number of pyridine rings is 1. The fraction of sp³-hybridized carbons (Fsp3) is 0.391. The molecule has 1 saturated carbocycles. The molecule has 1 fully saturated rings. The molecule has 1 aliphatic carbocycles. The van der Waals surface area contributed by atoms with Crippen molar-refractivity contribution in [1.82, 2.24) is 9.97 Å². The van der Waals surface area contributed by atoms with Gasteiger partial charge in [-0.3, -0.25) is 4.79 Å². The highest BCUT2D eigenvalue weighted by atomic mass is 16.5. The topological polar surface area (TPSA) is 115 Å². The number of benzene rings is 1. The zero-order chi connectivity index (χ0) is 22.0. The lowest BCUT2D eigenvalue weighted by Crippen LogP contribution is -2.17. The van der Waals surface area contributed by atoms with Gasteiger partial charge >= 0.3 is 5.97 Å². The largest absolute Gasteiger partial charge is 0.465 e. The van der Waals surface area contributed by atoms with Crippen molar-refractivity contribution in [3.63, 3.8) is 0 Å². The predicted octanol–water partition coefficient (Wildman–Crippen LogP) is 3.84. The second-order valence-electron chi connectivity index (χ2n) is 7.93. The van der Waals surface area contributed by atoms with Crippen molar-refractivity contribution in [3.8, 4) is 0 Å². The Hall–Kier alpha value is -3.26. The zero-order valence-electron chi connectivity index (χ0n) is 17.6. The Morgan fingerprint density at radius 1 is 1.19 bits per heavy atom. The maximum atomic E-state index is 12.7. The number of esters is 1. The van der Waals surface area contributed by atoms with E-state index in [2.05, 4.69) is 15.3 Å². The van der Waals surface area contributed by atoms with Gasteiger partial charge in [-0.2, -0.15) is 0 Å². The molecule has 0 saturated heterocycles. The number of methoxy groups -OCH3 is 1. The summed E-state index contributed by atoms with van der Waals surface area (Å²) in [5.74, 6) is 0.110. The lowest BCUT2D eigenvalue weighted by molar-refractivity contribution is 0.0602. The van der Waals surface area contributed by atoms with Crippen LogP contribution in [0, 0.1) is 12.8 Å². The van der Waals surface area contributed by atoms with E-state index < -0.39 is 11.9 Å². The Kier molecular flexibility index (Phi) is 5.99. The van der Waals surface area contributed by atoms with Crippen molar-refractivity contribution >= 4 is 28.7 Å². The van der Waals surface area contributed by atoms with Crippen LogP contribution in [0.5, 0.6) is 0 Å². The highest BCUT2D eigenvalue weighted by molar-refractivity contribution is 6.08. The van der Waals surface area contributed by atoms with Crippen LogP contribution in [-0.4, -0.2) is 40.7 Å². The number of oxazole rings is 1. The summed E-state index contributed by atoms with van der Waals surface area (Å²) in [7, 11) is 1.29. The number of aromatic nitrogens is 2. The first kappa shape index (κ1) is 21.0. The summed E-state index contributed by atoms with van der Waals surface area (Å²) in [5, 5.41) is 12.1. The quantitative estimate of drug-likeness (QED) is 0.599. The van der Waals surface area contributed by atoms with Gasteiger partial charge in [0.2, 0.25) is 0 Å². The van der Waals surface area contributed by atoms with Gasteiger partial charge in [0.05, 0.1) is 18.4 Å². The van der Waals surface area contributed by atoms with Gasteiger partial charge in [-0.15, -0.1) is 0 Å². The third kappa shape index (κ3) is 4.44. The molecule has 1 aromatic carbocycles. The fourth-order valence-electron chi connectivity index (χ4n) is 4.00. The average Bonchev–Trinajstić information content (AvgIpc) is 3.21. The number of rotatable bonds is 5. The molecule has 8 heteroatoms. The molecule has 0 unspecified atom stereocenters. The van der Waals surface area contributed by atoms with E-state index in [0.29, 0.717) is 28.6 Å². The minimum Gasteiger partial charge on any atom is -0.465 e. The maximum absolute atomic E-state index is 12.7. The molecular formula is C23H25N3O5. The average molecular weight is 423 g/mol. The second-order valence-corrected chi connectivity index (χ2v) is 7.93. The van der Waals surface area contributed by atoms with Crippen LogP contribution < -0.4 is 5.32 Å². The summed E-state index contributed by atoms with van der Waals surface area (Å²) in [4.78, 5) is 33.9. The van der Waals surface area contributed by atoms with Crippen molar-refractivity contribution in [1.29, 1.82) is 0 Å². The number of ether oxygens (including phenoxy) is 1. The number of nitrogens with one attached hydrogen (secondary N) is 1. The van der Waals surface area contributed by atoms with Crippen LogP contribution in [0.3, 0.4) is 0 Å². The Balaban J connectivity index is 1.65. The van der Waals surface area contributed by atoms with Crippen LogP contribution in [-0.2, 0) is 4.74 Å². The van der Waals surface area contributed by atoms with Crippen molar-refractivity contribution < 1.29 is 23.8 Å². The minimum absolute atomic E-state index is 0.173. The van der Waals surface area contributed by atoms with Crippen LogP contribution >= 0.6 is 0 Å². The van der Waals surface area contributed by atoms with E-state index in [4.69, 9.17) is 9.15 Å². The summed E-state index contributed by atoms with van der Waals surface area (Å²) in [6.45, 7) is 2.01. The molecule has 31 heavy (non-hydrogen) atoms. The van der Waals surface area contributed by atoms with E-state index in [0.717, 1.165) is 25.7 Å². The molecule has 2 aromatic heterocycles. The molecule has 162 valence electrons. The summed E-state index contributed by atoms with van der Waals surface area (Å²) in [5.41, 5.74) is 2.45. The molecule has 3 aromatic rings. The SMILES string of the molecule is COC(=O)c1cc2nc(C3CCC(CO)CC3)oc2cc1NC(=O)c1cccc(C)n1. The molecule has 0 bridgehead atoms. The highest BCUT2D eigenvalue weighted by Crippen LogP contribution is 2.37. The molecule has 0 atom stereocenters. The van der Waals surface area contributed by atoms with E-state index in [1.165, 1.54) is 7.11 Å². The van der Waals surface area contributed by atoms with Gasteiger partial charge in [-0.05, 0) is 56.7 Å². The van der Waals surface area contributed by atoms with Crippen LogP contribution in [0.4, 0.5) is 5.69 Å². The number of carbonyl (C=O) groups excluding carboxylic acids is 2. The van der Waals surface area contributed by atoms with E-state index in [1.807, 2.05) is 0 Å².